The minimum Gasteiger partial charge on any atom is -0.310 e. The number of hydrogen-bond acceptors (Lipinski definition) is 2. The van der Waals surface area contributed by atoms with Crippen LogP contribution in [0.3, 0.4) is 0 Å². The molecule has 0 radical (unpaired) electrons. The first kappa shape index (κ1) is 36.8. The van der Waals surface area contributed by atoms with Crippen molar-refractivity contribution in [3.63, 3.8) is 0 Å². The van der Waals surface area contributed by atoms with E-state index in [-0.39, 0.29) is 0 Å². The van der Waals surface area contributed by atoms with Gasteiger partial charge in [-0.2, -0.15) is 0 Å². The van der Waals surface area contributed by atoms with Crippen molar-refractivity contribution in [2.24, 2.45) is 0 Å². The molecule has 0 atom stereocenters. The number of benzene rings is 10. The number of nitrogens with zero attached hydrogens (tertiary/aromatic N) is 2. The molecule has 292 valence electrons. The van der Waals surface area contributed by atoms with E-state index in [1.807, 2.05) is 0 Å². The summed E-state index contributed by atoms with van der Waals surface area (Å²) in [5.41, 5.74) is 21.0. The van der Waals surface area contributed by atoms with Gasteiger partial charge in [0, 0.05) is 33.9 Å². The van der Waals surface area contributed by atoms with Crippen LogP contribution in [0.15, 0.2) is 255 Å². The third-order valence-electron chi connectivity index (χ3n) is 12.0. The molecular weight excluding hydrogens is 749 g/mol. The summed E-state index contributed by atoms with van der Waals surface area (Å²) in [6, 6.07) is 92.2. The molecule has 2 heteroatoms. The SMILES string of the molecule is c1ccc(-c2ccc(N(c3ccc(-c4ccc5c(c4)-c4ccccc4-c4ccccc4N5c4ccccc4)cc3)c3cc(-c4ccccc4)cc(-c4ccccc4)c3)cc2)cc1. The highest BCUT2D eigenvalue weighted by Crippen LogP contribution is 2.51. The zero-order valence-corrected chi connectivity index (χ0v) is 34.1. The van der Waals surface area contributed by atoms with Crippen molar-refractivity contribution in [1.82, 2.24) is 0 Å². The second kappa shape index (κ2) is 16.1. The fraction of sp³-hybridized carbons (Fsp3) is 0. The second-order valence-electron chi connectivity index (χ2n) is 15.8. The first-order valence-electron chi connectivity index (χ1n) is 21.3. The third kappa shape index (κ3) is 6.94. The Kier molecular flexibility index (Phi) is 9.57. The van der Waals surface area contributed by atoms with Gasteiger partial charge in [-0.1, -0.05) is 182 Å². The Morgan fingerprint density at radius 2 is 0.613 bits per heavy atom. The smallest absolute Gasteiger partial charge is 0.0540 e. The van der Waals surface area contributed by atoms with Gasteiger partial charge in [0.15, 0.2) is 0 Å². The maximum atomic E-state index is 2.41. The Morgan fingerprint density at radius 3 is 1.16 bits per heavy atom. The van der Waals surface area contributed by atoms with Crippen molar-refractivity contribution in [3.05, 3.63) is 255 Å². The molecule has 62 heavy (non-hydrogen) atoms. The lowest BCUT2D eigenvalue weighted by molar-refractivity contribution is 1.28. The van der Waals surface area contributed by atoms with Crippen LogP contribution in [0.4, 0.5) is 34.1 Å². The third-order valence-corrected chi connectivity index (χ3v) is 12.0. The molecule has 0 aliphatic carbocycles. The molecule has 1 aliphatic rings. The summed E-state index contributed by atoms with van der Waals surface area (Å²) in [4.78, 5) is 4.80. The van der Waals surface area contributed by atoms with Crippen LogP contribution in [0.1, 0.15) is 0 Å². The molecule has 10 aromatic carbocycles. The van der Waals surface area contributed by atoms with Crippen LogP contribution >= 0.6 is 0 Å². The van der Waals surface area contributed by atoms with E-state index < -0.39 is 0 Å². The summed E-state index contributed by atoms with van der Waals surface area (Å²) in [5.74, 6) is 0. The van der Waals surface area contributed by atoms with Crippen LogP contribution in [-0.2, 0) is 0 Å². The summed E-state index contributed by atoms with van der Waals surface area (Å²) in [6.45, 7) is 0. The Morgan fingerprint density at radius 1 is 0.226 bits per heavy atom. The second-order valence-corrected chi connectivity index (χ2v) is 15.8. The molecule has 1 aliphatic heterocycles. The lowest BCUT2D eigenvalue weighted by atomic mass is 9.92. The summed E-state index contributed by atoms with van der Waals surface area (Å²) in [5, 5.41) is 0. The molecule has 0 aromatic heterocycles. The van der Waals surface area contributed by atoms with Crippen molar-refractivity contribution < 1.29 is 0 Å². The van der Waals surface area contributed by atoms with Gasteiger partial charge in [-0.15, -0.1) is 0 Å². The topological polar surface area (TPSA) is 6.48 Å². The van der Waals surface area contributed by atoms with Crippen LogP contribution < -0.4 is 9.80 Å². The first-order valence-corrected chi connectivity index (χ1v) is 21.3. The average molecular weight is 791 g/mol. The van der Waals surface area contributed by atoms with Gasteiger partial charge >= 0.3 is 0 Å². The Bertz CT molecular complexity index is 3080. The van der Waals surface area contributed by atoms with Crippen molar-refractivity contribution in [1.29, 1.82) is 0 Å². The van der Waals surface area contributed by atoms with E-state index in [2.05, 4.69) is 265 Å². The number of rotatable bonds is 8. The standard InChI is InChI=1S/C60H42N2/c1-5-17-43(18-6-1)46-29-34-52(35-30-46)61(54-40-49(44-19-7-2-8-20-44)39-50(41-54)45-21-9-3-10-22-45)53-36-31-47(32-37-53)48-33-38-60-58(42-48)56-26-14-13-25-55(56)57-27-15-16-28-59(57)62(60)51-23-11-4-12-24-51/h1-42H. The summed E-state index contributed by atoms with van der Waals surface area (Å²) < 4.78 is 0. The van der Waals surface area contributed by atoms with Gasteiger partial charge in [0.25, 0.3) is 0 Å². The van der Waals surface area contributed by atoms with E-state index in [1.165, 1.54) is 66.9 Å². The van der Waals surface area contributed by atoms with Gasteiger partial charge in [0.1, 0.15) is 0 Å². The van der Waals surface area contributed by atoms with Crippen molar-refractivity contribution >= 4 is 34.1 Å². The van der Waals surface area contributed by atoms with Crippen molar-refractivity contribution in [3.8, 4) is 66.8 Å². The van der Waals surface area contributed by atoms with Crippen LogP contribution in [0.25, 0.3) is 66.8 Å². The number of fused-ring (bicyclic) bond motifs is 5. The van der Waals surface area contributed by atoms with E-state index >= 15 is 0 Å². The molecule has 10 aromatic rings. The van der Waals surface area contributed by atoms with Crippen molar-refractivity contribution in [2.75, 3.05) is 9.80 Å². The molecule has 0 saturated carbocycles. The maximum Gasteiger partial charge on any atom is 0.0540 e. The molecule has 11 rings (SSSR count). The largest absolute Gasteiger partial charge is 0.310 e. The fourth-order valence-electron chi connectivity index (χ4n) is 8.98. The summed E-state index contributed by atoms with van der Waals surface area (Å²) in [7, 11) is 0. The van der Waals surface area contributed by atoms with E-state index in [0.29, 0.717) is 0 Å². The molecule has 2 nitrogen and oxygen atoms in total. The monoisotopic (exact) mass is 790 g/mol. The lowest BCUT2D eigenvalue weighted by Crippen LogP contribution is -2.11. The molecule has 0 N–H and O–H groups in total. The predicted octanol–water partition coefficient (Wildman–Crippen LogP) is 16.9. The molecule has 0 bridgehead atoms. The average Bonchev–Trinajstić information content (AvgIpc) is 3.48. The lowest BCUT2D eigenvalue weighted by Gasteiger charge is -2.28. The van der Waals surface area contributed by atoms with E-state index in [0.717, 1.165) is 34.0 Å². The number of anilines is 6. The van der Waals surface area contributed by atoms with Crippen LogP contribution in [0.5, 0.6) is 0 Å². The van der Waals surface area contributed by atoms with Gasteiger partial charge in [0.05, 0.1) is 11.4 Å². The Balaban J connectivity index is 1.04. The van der Waals surface area contributed by atoms with Crippen molar-refractivity contribution in [2.45, 2.75) is 0 Å². The molecule has 0 saturated heterocycles. The molecule has 0 fully saturated rings. The fourth-order valence-corrected chi connectivity index (χ4v) is 8.98. The van der Waals surface area contributed by atoms with Gasteiger partial charge < -0.3 is 9.80 Å². The number of hydrogen-bond donors (Lipinski definition) is 0. The highest BCUT2D eigenvalue weighted by atomic mass is 15.2. The maximum absolute atomic E-state index is 2.41. The molecule has 0 unspecified atom stereocenters. The minimum absolute atomic E-state index is 1.08. The van der Waals surface area contributed by atoms with Gasteiger partial charge in [-0.05, 0) is 128 Å². The molecular formula is C60H42N2. The van der Waals surface area contributed by atoms with E-state index in [4.69, 9.17) is 0 Å². The highest BCUT2D eigenvalue weighted by molar-refractivity contribution is 6.03. The number of para-hydroxylation sites is 2. The Labute approximate surface area is 363 Å². The summed E-state index contributed by atoms with van der Waals surface area (Å²) in [6.07, 6.45) is 0. The first-order chi connectivity index (χ1) is 30.7. The van der Waals surface area contributed by atoms with Crippen LogP contribution in [0.2, 0.25) is 0 Å². The van der Waals surface area contributed by atoms with E-state index in [1.54, 1.807) is 0 Å². The normalized spacial score (nSPS) is 11.5. The zero-order valence-electron chi connectivity index (χ0n) is 34.1. The molecule has 0 amide bonds. The highest BCUT2D eigenvalue weighted by Gasteiger charge is 2.26. The zero-order chi connectivity index (χ0) is 41.2. The predicted molar refractivity (Wildman–Crippen MR) is 262 cm³/mol. The molecule has 1 heterocycles. The van der Waals surface area contributed by atoms with E-state index in [9.17, 15) is 0 Å². The van der Waals surface area contributed by atoms with Crippen LogP contribution in [-0.4, -0.2) is 0 Å². The summed E-state index contributed by atoms with van der Waals surface area (Å²) >= 11 is 0. The molecule has 0 spiro atoms. The Hall–Kier alpha value is -8.20. The quantitative estimate of drug-likeness (QED) is 0.151. The van der Waals surface area contributed by atoms with Gasteiger partial charge in [0.2, 0.25) is 0 Å². The van der Waals surface area contributed by atoms with Gasteiger partial charge in [-0.25, -0.2) is 0 Å². The van der Waals surface area contributed by atoms with Gasteiger partial charge in [-0.3, -0.25) is 0 Å². The van der Waals surface area contributed by atoms with Crippen LogP contribution in [0, 0.1) is 0 Å². The minimum atomic E-state index is 1.08.